The Morgan fingerprint density at radius 3 is 2.94 bits per heavy atom. The molecule has 1 nitrogen and oxygen atoms in total. The summed E-state index contributed by atoms with van der Waals surface area (Å²) in [6.45, 7) is 0. The van der Waals surface area contributed by atoms with Crippen LogP contribution in [0.3, 0.4) is 0 Å². The highest BCUT2D eigenvalue weighted by molar-refractivity contribution is 7.17. The van der Waals surface area contributed by atoms with Crippen LogP contribution in [-0.2, 0) is 0 Å². The first kappa shape index (κ1) is 12.2. The number of hydrogen-bond donors (Lipinski definition) is 1. The lowest BCUT2D eigenvalue weighted by molar-refractivity contribution is 0.472. The number of nitrogens with one attached hydrogen (secondary N) is 1. The minimum Gasteiger partial charge on any atom is -0.317 e. The third kappa shape index (κ3) is 2.32. The molecule has 0 spiro atoms. The normalized spacial score (nSPS) is 25.2. The van der Waals surface area contributed by atoms with Crippen molar-refractivity contribution in [2.45, 2.75) is 44.1 Å². The molecule has 2 unspecified atom stereocenters. The van der Waals surface area contributed by atoms with Crippen LogP contribution in [0, 0.1) is 0 Å². The quantitative estimate of drug-likeness (QED) is 0.781. The first-order chi connectivity index (χ1) is 8.88. The molecule has 0 saturated heterocycles. The van der Waals surface area contributed by atoms with Crippen LogP contribution in [0.4, 0.5) is 0 Å². The van der Waals surface area contributed by atoms with Crippen molar-refractivity contribution < 1.29 is 0 Å². The molecule has 0 bridgehead atoms. The SMILES string of the molecule is CNC1CCCCC(c2cccc3ccsc23)C1. The average Bonchev–Trinajstić information content (AvgIpc) is 2.75. The van der Waals surface area contributed by atoms with Gasteiger partial charge in [0.05, 0.1) is 0 Å². The van der Waals surface area contributed by atoms with Gasteiger partial charge < -0.3 is 5.32 Å². The van der Waals surface area contributed by atoms with Gasteiger partial charge in [-0.3, -0.25) is 0 Å². The molecule has 1 aliphatic rings. The number of hydrogen-bond acceptors (Lipinski definition) is 2. The van der Waals surface area contributed by atoms with Gasteiger partial charge >= 0.3 is 0 Å². The van der Waals surface area contributed by atoms with Gasteiger partial charge in [-0.1, -0.05) is 31.0 Å². The molecular formula is C16H21NS. The Balaban J connectivity index is 1.94. The zero-order valence-electron chi connectivity index (χ0n) is 11.0. The summed E-state index contributed by atoms with van der Waals surface area (Å²) in [5.41, 5.74) is 1.59. The summed E-state index contributed by atoms with van der Waals surface area (Å²) in [6.07, 6.45) is 6.75. The van der Waals surface area contributed by atoms with E-state index >= 15 is 0 Å². The summed E-state index contributed by atoms with van der Waals surface area (Å²) in [6, 6.07) is 9.76. The van der Waals surface area contributed by atoms with Gasteiger partial charge in [-0.15, -0.1) is 11.3 Å². The monoisotopic (exact) mass is 259 g/mol. The Bertz CT molecular complexity index is 517. The van der Waals surface area contributed by atoms with Crippen molar-refractivity contribution in [3.05, 3.63) is 35.2 Å². The van der Waals surface area contributed by atoms with Gasteiger partial charge in [-0.2, -0.15) is 0 Å². The van der Waals surface area contributed by atoms with E-state index in [1.165, 1.54) is 42.2 Å². The maximum absolute atomic E-state index is 3.49. The van der Waals surface area contributed by atoms with Crippen LogP contribution in [0.5, 0.6) is 0 Å². The van der Waals surface area contributed by atoms with Crippen molar-refractivity contribution >= 4 is 21.4 Å². The van der Waals surface area contributed by atoms with Crippen LogP contribution in [0.25, 0.3) is 10.1 Å². The zero-order chi connectivity index (χ0) is 12.4. The van der Waals surface area contributed by atoms with Gasteiger partial charge in [0.25, 0.3) is 0 Å². The summed E-state index contributed by atoms with van der Waals surface area (Å²) >= 11 is 1.90. The third-order valence-electron chi connectivity index (χ3n) is 4.28. The second-order valence-electron chi connectivity index (χ2n) is 5.39. The molecule has 2 aromatic rings. The fourth-order valence-corrected chi connectivity index (χ4v) is 4.24. The van der Waals surface area contributed by atoms with E-state index in [4.69, 9.17) is 0 Å². The molecule has 2 atom stereocenters. The topological polar surface area (TPSA) is 12.0 Å². The summed E-state index contributed by atoms with van der Waals surface area (Å²) < 4.78 is 1.51. The minimum absolute atomic E-state index is 0.702. The van der Waals surface area contributed by atoms with E-state index in [9.17, 15) is 0 Å². The molecule has 1 aromatic heterocycles. The predicted molar refractivity (Wildman–Crippen MR) is 80.5 cm³/mol. The largest absolute Gasteiger partial charge is 0.317 e. The molecule has 0 amide bonds. The second-order valence-corrected chi connectivity index (χ2v) is 6.30. The molecule has 96 valence electrons. The Labute approximate surface area is 113 Å². The lowest BCUT2D eigenvalue weighted by Gasteiger charge is -2.20. The highest BCUT2D eigenvalue weighted by atomic mass is 32.1. The Hall–Kier alpha value is -0.860. The number of fused-ring (bicyclic) bond motifs is 1. The number of benzene rings is 1. The van der Waals surface area contributed by atoms with Gasteiger partial charge in [0, 0.05) is 10.7 Å². The summed E-state index contributed by atoms with van der Waals surface area (Å²) in [5, 5.41) is 7.13. The van der Waals surface area contributed by atoms with E-state index < -0.39 is 0 Å². The highest BCUT2D eigenvalue weighted by Gasteiger charge is 2.22. The predicted octanol–water partition coefficient (Wildman–Crippen LogP) is 4.54. The zero-order valence-corrected chi connectivity index (χ0v) is 11.8. The van der Waals surface area contributed by atoms with E-state index in [0.29, 0.717) is 6.04 Å². The maximum atomic E-state index is 3.49. The number of rotatable bonds is 2. The summed E-state index contributed by atoms with van der Waals surface area (Å²) in [4.78, 5) is 0. The molecule has 18 heavy (non-hydrogen) atoms. The van der Waals surface area contributed by atoms with Crippen LogP contribution in [0.15, 0.2) is 29.6 Å². The van der Waals surface area contributed by atoms with Crippen LogP contribution in [0.1, 0.15) is 43.6 Å². The Kier molecular flexibility index (Phi) is 3.67. The second kappa shape index (κ2) is 5.41. The fourth-order valence-electron chi connectivity index (χ4n) is 3.24. The van der Waals surface area contributed by atoms with Crippen molar-refractivity contribution in [1.82, 2.24) is 5.32 Å². The van der Waals surface area contributed by atoms with E-state index in [1.54, 1.807) is 5.56 Å². The molecule has 1 heterocycles. The van der Waals surface area contributed by atoms with Crippen molar-refractivity contribution in [1.29, 1.82) is 0 Å². The van der Waals surface area contributed by atoms with Crippen molar-refractivity contribution in [3.8, 4) is 0 Å². The highest BCUT2D eigenvalue weighted by Crippen LogP contribution is 2.37. The maximum Gasteiger partial charge on any atom is 0.0377 e. The molecular weight excluding hydrogens is 238 g/mol. The third-order valence-corrected chi connectivity index (χ3v) is 5.26. The molecule has 3 rings (SSSR count). The minimum atomic E-state index is 0.702. The molecule has 0 aliphatic heterocycles. The molecule has 0 radical (unpaired) electrons. The number of thiophene rings is 1. The smallest absolute Gasteiger partial charge is 0.0377 e. The molecule has 1 fully saturated rings. The van der Waals surface area contributed by atoms with Crippen molar-refractivity contribution in [3.63, 3.8) is 0 Å². The van der Waals surface area contributed by atoms with Gasteiger partial charge in [0.1, 0.15) is 0 Å². The Morgan fingerprint density at radius 2 is 2.06 bits per heavy atom. The molecule has 2 heteroatoms. The fraction of sp³-hybridized carbons (Fsp3) is 0.500. The van der Waals surface area contributed by atoms with E-state index in [1.807, 2.05) is 11.3 Å². The van der Waals surface area contributed by atoms with Crippen LogP contribution >= 0.6 is 11.3 Å². The molecule has 1 saturated carbocycles. The molecule has 1 aliphatic carbocycles. The van der Waals surface area contributed by atoms with Crippen LogP contribution in [-0.4, -0.2) is 13.1 Å². The van der Waals surface area contributed by atoms with Gasteiger partial charge in [-0.05, 0) is 54.6 Å². The Morgan fingerprint density at radius 1 is 1.17 bits per heavy atom. The van der Waals surface area contributed by atoms with E-state index in [-0.39, 0.29) is 0 Å². The lowest BCUT2D eigenvalue weighted by atomic mass is 9.90. The van der Waals surface area contributed by atoms with Gasteiger partial charge in [0.2, 0.25) is 0 Å². The van der Waals surface area contributed by atoms with Crippen LogP contribution in [0.2, 0.25) is 0 Å². The first-order valence-electron chi connectivity index (χ1n) is 7.02. The summed E-state index contributed by atoms with van der Waals surface area (Å²) in [7, 11) is 2.11. The standard InChI is InChI=1S/C16H21NS/c1-17-14-7-3-2-5-13(11-14)15-8-4-6-12-9-10-18-16(12)15/h4,6,8-10,13-14,17H,2-3,5,7,11H2,1H3. The van der Waals surface area contributed by atoms with Crippen molar-refractivity contribution in [2.24, 2.45) is 0 Å². The van der Waals surface area contributed by atoms with Gasteiger partial charge in [0.15, 0.2) is 0 Å². The van der Waals surface area contributed by atoms with Crippen molar-refractivity contribution in [2.75, 3.05) is 7.05 Å². The lowest BCUT2D eigenvalue weighted by Crippen LogP contribution is -2.25. The van der Waals surface area contributed by atoms with Crippen LogP contribution < -0.4 is 5.32 Å². The van der Waals surface area contributed by atoms with E-state index in [2.05, 4.69) is 42.0 Å². The average molecular weight is 259 g/mol. The van der Waals surface area contributed by atoms with Gasteiger partial charge in [-0.25, -0.2) is 0 Å². The summed E-state index contributed by atoms with van der Waals surface area (Å²) in [5.74, 6) is 0.743. The van der Waals surface area contributed by atoms with E-state index in [0.717, 1.165) is 5.92 Å². The first-order valence-corrected chi connectivity index (χ1v) is 7.90. The molecule has 1 aromatic carbocycles. The molecule has 1 N–H and O–H groups in total.